The average molecular weight is 367 g/mol. The Hall–Kier alpha value is -2.34. The number of rotatable bonds is 3. The molecule has 1 aromatic carbocycles. The number of ether oxygens (including phenoxy) is 1. The van der Waals surface area contributed by atoms with E-state index >= 15 is 0 Å². The van der Waals surface area contributed by atoms with Crippen LogP contribution in [0.2, 0.25) is 0 Å². The van der Waals surface area contributed by atoms with Crippen molar-refractivity contribution in [2.24, 2.45) is 5.92 Å². The van der Waals surface area contributed by atoms with Crippen molar-refractivity contribution in [2.45, 2.75) is 24.7 Å². The molecule has 0 bridgehead atoms. The topological polar surface area (TPSA) is 58.8 Å². The maximum Gasteiger partial charge on any atom is 0.292 e. The van der Waals surface area contributed by atoms with Gasteiger partial charge in [0, 0.05) is 55.9 Å². The van der Waals surface area contributed by atoms with Gasteiger partial charge in [0.15, 0.2) is 0 Å². The highest BCUT2D eigenvalue weighted by Gasteiger charge is 2.45. The minimum atomic E-state index is -0.0476. The number of anilines is 1. The molecule has 2 fully saturated rings. The Morgan fingerprint density at radius 3 is 2.81 bits per heavy atom. The summed E-state index contributed by atoms with van der Waals surface area (Å²) >= 11 is 0. The molecule has 2 saturated heterocycles. The molecule has 142 valence electrons. The van der Waals surface area contributed by atoms with E-state index in [4.69, 9.17) is 9.26 Å². The van der Waals surface area contributed by atoms with E-state index in [1.54, 1.807) is 6.07 Å². The van der Waals surface area contributed by atoms with Gasteiger partial charge in [-0.05, 0) is 30.9 Å². The average Bonchev–Trinajstić information content (AvgIpc) is 3.45. The first kappa shape index (κ1) is 16.8. The van der Waals surface area contributed by atoms with E-state index in [0.29, 0.717) is 11.7 Å². The molecule has 5 rings (SSSR count). The van der Waals surface area contributed by atoms with Gasteiger partial charge in [-0.1, -0.05) is 23.4 Å². The number of nitrogens with zero attached hydrogens (tertiary/aromatic N) is 3. The van der Waals surface area contributed by atoms with E-state index in [0.717, 1.165) is 58.7 Å². The molecule has 1 amide bonds. The lowest BCUT2D eigenvalue weighted by Gasteiger charge is -2.39. The number of para-hydroxylation sites is 1. The van der Waals surface area contributed by atoms with Crippen LogP contribution in [0.4, 0.5) is 5.69 Å². The normalized spacial score (nSPS) is 23.8. The molecule has 6 heteroatoms. The van der Waals surface area contributed by atoms with Gasteiger partial charge in [-0.3, -0.25) is 4.79 Å². The van der Waals surface area contributed by atoms with Crippen molar-refractivity contribution < 1.29 is 14.1 Å². The number of likely N-dealkylation sites (tertiary alicyclic amines) is 1. The Labute approximate surface area is 159 Å². The number of fused-ring (bicyclic) bond motifs is 2. The first-order chi connectivity index (χ1) is 13.3. The van der Waals surface area contributed by atoms with Crippen molar-refractivity contribution in [1.29, 1.82) is 0 Å². The molecule has 0 aliphatic carbocycles. The molecule has 1 unspecified atom stereocenters. The minimum absolute atomic E-state index is 0.0476. The second-order valence-corrected chi connectivity index (χ2v) is 8.08. The van der Waals surface area contributed by atoms with Gasteiger partial charge in [-0.15, -0.1) is 0 Å². The largest absolute Gasteiger partial charge is 0.381 e. The van der Waals surface area contributed by atoms with Crippen LogP contribution in [0.25, 0.3) is 0 Å². The zero-order valence-electron chi connectivity index (χ0n) is 15.5. The first-order valence-corrected chi connectivity index (χ1v) is 9.87. The van der Waals surface area contributed by atoms with Crippen LogP contribution in [-0.4, -0.2) is 55.4 Å². The molecule has 1 spiro atoms. The Bertz CT molecular complexity index is 806. The Kier molecular flexibility index (Phi) is 4.16. The molecule has 0 radical (unpaired) electrons. The van der Waals surface area contributed by atoms with Crippen LogP contribution < -0.4 is 4.90 Å². The Morgan fingerprint density at radius 1 is 1.22 bits per heavy atom. The van der Waals surface area contributed by atoms with E-state index < -0.39 is 0 Å². The highest BCUT2D eigenvalue weighted by Crippen LogP contribution is 2.47. The minimum Gasteiger partial charge on any atom is -0.381 e. The predicted octanol–water partition coefficient (Wildman–Crippen LogP) is 2.71. The van der Waals surface area contributed by atoms with Crippen LogP contribution in [0.15, 0.2) is 41.1 Å². The van der Waals surface area contributed by atoms with Crippen LogP contribution >= 0.6 is 0 Å². The van der Waals surface area contributed by atoms with E-state index in [1.165, 1.54) is 17.4 Å². The maximum absolute atomic E-state index is 12.6. The van der Waals surface area contributed by atoms with Crippen LogP contribution in [0.5, 0.6) is 0 Å². The Balaban J connectivity index is 1.33. The van der Waals surface area contributed by atoms with Crippen LogP contribution in [0.3, 0.4) is 0 Å². The lowest BCUT2D eigenvalue weighted by molar-refractivity contribution is 0.0632. The molecule has 4 heterocycles. The van der Waals surface area contributed by atoms with Gasteiger partial charge in [0.2, 0.25) is 5.76 Å². The fourth-order valence-electron chi connectivity index (χ4n) is 4.98. The van der Waals surface area contributed by atoms with Gasteiger partial charge in [0.05, 0.1) is 12.8 Å². The third kappa shape index (κ3) is 2.92. The molecule has 2 aromatic rings. The number of benzene rings is 1. The summed E-state index contributed by atoms with van der Waals surface area (Å²) in [5, 5.41) is 3.66. The number of piperidine rings is 1. The monoisotopic (exact) mass is 367 g/mol. The van der Waals surface area contributed by atoms with Crippen LogP contribution in [0, 0.1) is 5.92 Å². The summed E-state index contributed by atoms with van der Waals surface area (Å²) in [6, 6.07) is 10.5. The van der Waals surface area contributed by atoms with Crippen molar-refractivity contribution in [3.8, 4) is 0 Å². The summed E-state index contributed by atoms with van der Waals surface area (Å²) in [6.07, 6.45) is 4.66. The molecular formula is C21H25N3O3. The van der Waals surface area contributed by atoms with E-state index in [2.05, 4.69) is 34.3 Å². The van der Waals surface area contributed by atoms with Gasteiger partial charge in [0.1, 0.15) is 0 Å². The van der Waals surface area contributed by atoms with E-state index in [-0.39, 0.29) is 11.3 Å². The van der Waals surface area contributed by atoms with Crippen LogP contribution in [-0.2, 0) is 10.2 Å². The summed E-state index contributed by atoms with van der Waals surface area (Å²) in [6.45, 7) is 5.41. The number of amides is 1. The van der Waals surface area contributed by atoms with Crippen molar-refractivity contribution in [1.82, 2.24) is 10.1 Å². The summed E-state index contributed by atoms with van der Waals surface area (Å²) < 4.78 is 10.6. The zero-order chi connectivity index (χ0) is 18.3. The number of hydrogen-bond donors (Lipinski definition) is 0. The molecule has 6 nitrogen and oxygen atoms in total. The van der Waals surface area contributed by atoms with Gasteiger partial charge in [-0.2, -0.15) is 0 Å². The van der Waals surface area contributed by atoms with E-state index in [1.807, 2.05) is 4.90 Å². The SMILES string of the molecule is O=C(c1ccno1)N1CCC2(CC1)CN(CC1CCOC1)c1ccccc12. The molecule has 3 aliphatic rings. The Morgan fingerprint density at radius 2 is 2.07 bits per heavy atom. The summed E-state index contributed by atoms with van der Waals surface area (Å²) in [7, 11) is 0. The quantitative estimate of drug-likeness (QED) is 0.835. The fourth-order valence-corrected chi connectivity index (χ4v) is 4.98. The zero-order valence-corrected chi connectivity index (χ0v) is 15.5. The van der Waals surface area contributed by atoms with Gasteiger partial charge in [0.25, 0.3) is 5.91 Å². The highest BCUT2D eigenvalue weighted by molar-refractivity contribution is 5.91. The number of hydrogen-bond acceptors (Lipinski definition) is 5. The first-order valence-electron chi connectivity index (χ1n) is 9.87. The smallest absolute Gasteiger partial charge is 0.292 e. The van der Waals surface area contributed by atoms with E-state index in [9.17, 15) is 4.79 Å². The lowest BCUT2D eigenvalue weighted by Crippen LogP contribution is -2.47. The predicted molar refractivity (Wildman–Crippen MR) is 101 cm³/mol. The highest BCUT2D eigenvalue weighted by atomic mass is 16.5. The summed E-state index contributed by atoms with van der Waals surface area (Å²) in [4.78, 5) is 17.0. The number of carbonyl (C=O) groups excluding carboxylic acids is 1. The van der Waals surface area contributed by atoms with Crippen LogP contribution in [0.1, 0.15) is 35.4 Å². The standard InChI is InChI=1S/C21H25N3O3/c25-20(19-5-9-22-27-19)23-10-7-21(8-11-23)15-24(13-16-6-12-26-14-16)18-4-2-1-3-17(18)21/h1-5,9,16H,6-8,10-15H2. The molecular weight excluding hydrogens is 342 g/mol. The van der Waals surface area contributed by atoms with Crippen molar-refractivity contribution >= 4 is 11.6 Å². The lowest BCUT2D eigenvalue weighted by atomic mass is 9.74. The molecule has 1 aromatic heterocycles. The third-order valence-electron chi connectivity index (χ3n) is 6.47. The van der Waals surface area contributed by atoms with Gasteiger partial charge >= 0.3 is 0 Å². The van der Waals surface area contributed by atoms with Crippen molar-refractivity contribution in [3.05, 3.63) is 47.9 Å². The molecule has 0 saturated carbocycles. The number of aromatic nitrogens is 1. The maximum atomic E-state index is 12.6. The molecule has 0 N–H and O–H groups in total. The molecule has 1 atom stereocenters. The number of carbonyl (C=O) groups is 1. The summed E-state index contributed by atoms with van der Waals surface area (Å²) in [5.41, 5.74) is 2.98. The molecule has 3 aliphatic heterocycles. The molecule has 27 heavy (non-hydrogen) atoms. The second kappa shape index (κ2) is 6.68. The van der Waals surface area contributed by atoms with Crippen molar-refractivity contribution in [3.63, 3.8) is 0 Å². The van der Waals surface area contributed by atoms with Crippen molar-refractivity contribution in [2.75, 3.05) is 44.3 Å². The van der Waals surface area contributed by atoms with Gasteiger partial charge in [-0.25, -0.2) is 0 Å². The third-order valence-corrected chi connectivity index (χ3v) is 6.47. The summed E-state index contributed by atoms with van der Waals surface area (Å²) in [5.74, 6) is 0.913. The van der Waals surface area contributed by atoms with Gasteiger partial charge < -0.3 is 19.1 Å². The second-order valence-electron chi connectivity index (χ2n) is 8.08. The fraction of sp³-hybridized carbons (Fsp3) is 0.524.